The van der Waals surface area contributed by atoms with Crippen molar-refractivity contribution in [2.45, 2.75) is 49.1 Å². The van der Waals surface area contributed by atoms with Crippen LogP contribution in [0.1, 0.15) is 25.7 Å². The summed E-state index contributed by atoms with van der Waals surface area (Å²) in [6.45, 7) is 0. The number of sulfone groups is 1. The van der Waals surface area contributed by atoms with Gasteiger partial charge in [0.2, 0.25) is 0 Å². The van der Waals surface area contributed by atoms with E-state index in [1.165, 1.54) is 12.8 Å². The lowest BCUT2D eigenvalue weighted by Crippen LogP contribution is -2.46. The van der Waals surface area contributed by atoms with Crippen molar-refractivity contribution in [3.05, 3.63) is 0 Å². The fourth-order valence-electron chi connectivity index (χ4n) is 2.76. The molecule has 0 amide bonds. The number of rotatable bonds is 3. The number of hydrogen-bond donors (Lipinski definition) is 2. The summed E-state index contributed by atoms with van der Waals surface area (Å²) in [5.74, 6) is 0.0153. The zero-order chi connectivity index (χ0) is 12.5. The first-order chi connectivity index (χ1) is 8.00. The Bertz CT molecular complexity index is 350. The van der Waals surface area contributed by atoms with Gasteiger partial charge in [0, 0.05) is 17.3 Å². The van der Waals surface area contributed by atoms with E-state index in [0.29, 0.717) is 6.04 Å². The first-order valence-corrected chi connectivity index (χ1v) is 9.28. The second kappa shape index (κ2) is 5.47. The zero-order valence-corrected chi connectivity index (χ0v) is 11.8. The summed E-state index contributed by atoms with van der Waals surface area (Å²) in [6.07, 6.45) is 5.98. The van der Waals surface area contributed by atoms with Gasteiger partial charge in [-0.1, -0.05) is 0 Å². The van der Waals surface area contributed by atoms with Crippen LogP contribution in [0.25, 0.3) is 0 Å². The molecule has 0 aromatic heterocycles. The Hall–Kier alpha value is 0.220. The first kappa shape index (κ1) is 13.6. The third-order valence-corrected chi connectivity index (χ3v) is 6.63. The highest BCUT2D eigenvalue weighted by atomic mass is 32.2. The van der Waals surface area contributed by atoms with Crippen LogP contribution < -0.4 is 5.32 Å². The number of aliphatic hydroxyl groups excluding tert-OH is 1. The molecular weight excluding hydrogens is 258 g/mol. The van der Waals surface area contributed by atoms with E-state index in [1.807, 2.05) is 11.8 Å². The molecule has 0 bridgehead atoms. The molecule has 6 heteroatoms. The summed E-state index contributed by atoms with van der Waals surface area (Å²) in [6, 6.07) is 0.127. The molecule has 0 spiro atoms. The normalized spacial score (nSPS) is 41.5. The van der Waals surface area contributed by atoms with Gasteiger partial charge in [-0.3, -0.25) is 0 Å². The lowest BCUT2D eigenvalue weighted by Gasteiger charge is -2.30. The van der Waals surface area contributed by atoms with E-state index in [2.05, 4.69) is 11.6 Å². The van der Waals surface area contributed by atoms with Gasteiger partial charge < -0.3 is 10.4 Å². The summed E-state index contributed by atoms with van der Waals surface area (Å²) in [5, 5.41) is 13.8. The minimum absolute atomic E-state index is 0.0785. The Morgan fingerprint density at radius 3 is 2.29 bits per heavy atom. The van der Waals surface area contributed by atoms with Gasteiger partial charge in [0.1, 0.15) is 0 Å². The van der Waals surface area contributed by atoms with Crippen LogP contribution in [-0.4, -0.2) is 54.7 Å². The van der Waals surface area contributed by atoms with Crippen LogP contribution in [0.4, 0.5) is 0 Å². The van der Waals surface area contributed by atoms with E-state index < -0.39 is 15.9 Å². The molecule has 2 atom stereocenters. The molecule has 2 aliphatic rings. The van der Waals surface area contributed by atoms with Crippen LogP contribution in [0.15, 0.2) is 0 Å². The maximum absolute atomic E-state index is 11.4. The fourth-order valence-corrected chi connectivity index (χ4v) is 5.25. The van der Waals surface area contributed by atoms with E-state index in [1.54, 1.807) is 0 Å². The average Bonchev–Trinajstić information content (AvgIpc) is 2.53. The first-order valence-electron chi connectivity index (χ1n) is 6.17. The molecule has 0 aromatic rings. The van der Waals surface area contributed by atoms with Crippen LogP contribution in [0.5, 0.6) is 0 Å². The van der Waals surface area contributed by atoms with Crippen molar-refractivity contribution in [3.63, 3.8) is 0 Å². The minimum Gasteiger partial charge on any atom is -0.390 e. The second-order valence-corrected chi connectivity index (χ2v) is 8.42. The second-order valence-electron chi connectivity index (χ2n) is 5.13. The summed E-state index contributed by atoms with van der Waals surface area (Å²) < 4.78 is 22.8. The van der Waals surface area contributed by atoms with Gasteiger partial charge in [0.15, 0.2) is 9.84 Å². The van der Waals surface area contributed by atoms with E-state index in [4.69, 9.17) is 0 Å². The van der Waals surface area contributed by atoms with Gasteiger partial charge in [-0.2, -0.15) is 11.8 Å². The molecule has 1 aliphatic carbocycles. The predicted octanol–water partition coefficient (Wildman–Crippen LogP) is 0.408. The Balaban J connectivity index is 1.82. The van der Waals surface area contributed by atoms with Crippen LogP contribution in [0.2, 0.25) is 0 Å². The SMILES string of the molecule is CSC1CCC(NC2CS(=O)(=O)CC2O)CC1. The van der Waals surface area contributed by atoms with Crippen LogP contribution in [0.3, 0.4) is 0 Å². The number of aliphatic hydroxyl groups is 1. The van der Waals surface area contributed by atoms with Gasteiger partial charge in [-0.15, -0.1) is 0 Å². The average molecular weight is 279 g/mol. The van der Waals surface area contributed by atoms with Gasteiger partial charge in [-0.25, -0.2) is 8.42 Å². The predicted molar refractivity (Wildman–Crippen MR) is 71.1 cm³/mol. The van der Waals surface area contributed by atoms with Crippen molar-refractivity contribution in [2.24, 2.45) is 0 Å². The van der Waals surface area contributed by atoms with E-state index in [0.717, 1.165) is 18.1 Å². The molecular formula is C11H21NO3S2. The molecule has 1 saturated carbocycles. The highest BCUT2D eigenvalue weighted by molar-refractivity contribution is 7.99. The Morgan fingerprint density at radius 1 is 1.18 bits per heavy atom. The Morgan fingerprint density at radius 2 is 1.82 bits per heavy atom. The fraction of sp³-hybridized carbons (Fsp3) is 1.00. The number of thioether (sulfide) groups is 1. The molecule has 2 unspecified atom stereocenters. The Kier molecular flexibility index (Phi) is 4.39. The molecule has 2 rings (SSSR count). The van der Waals surface area contributed by atoms with Gasteiger partial charge in [-0.05, 0) is 31.9 Å². The summed E-state index contributed by atoms with van der Waals surface area (Å²) in [4.78, 5) is 0. The molecule has 2 fully saturated rings. The number of hydrogen-bond acceptors (Lipinski definition) is 5. The Labute approximate surface area is 107 Å². The smallest absolute Gasteiger partial charge is 0.154 e. The van der Waals surface area contributed by atoms with Gasteiger partial charge >= 0.3 is 0 Å². The maximum atomic E-state index is 11.4. The van der Waals surface area contributed by atoms with Crippen molar-refractivity contribution in [1.29, 1.82) is 0 Å². The lowest BCUT2D eigenvalue weighted by molar-refractivity contribution is 0.154. The van der Waals surface area contributed by atoms with Crippen LogP contribution >= 0.6 is 11.8 Å². The quantitative estimate of drug-likeness (QED) is 0.783. The highest BCUT2D eigenvalue weighted by Crippen LogP contribution is 2.27. The van der Waals surface area contributed by atoms with E-state index in [9.17, 15) is 13.5 Å². The zero-order valence-electron chi connectivity index (χ0n) is 10.1. The van der Waals surface area contributed by atoms with Crippen LogP contribution in [-0.2, 0) is 9.84 Å². The largest absolute Gasteiger partial charge is 0.390 e. The molecule has 1 heterocycles. The van der Waals surface area contributed by atoms with Crippen molar-refractivity contribution in [2.75, 3.05) is 17.8 Å². The topological polar surface area (TPSA) is 66.4 Å². The molecule has 1 saturated heterocycles. The third kappa shape index (κ3) is 3.59. The minimum atomic E-state index is -3.03. The maximum Gasteiger partial charge on any atom is 0.154 e. The molecule has 4 nitrogen and oxygen atoms in total. The van der Waals surface area contributed by atoms with E-state index >= 15 is 0 Å². The summed E-state index contributed by atoms with van der Waals surface area (Å²) in [5.41, 5.74) is 0. The monoisotopic (exact) mass is 279 g/mol. The highest BCUT2D eigenvalue weighted by Gasteiger charge is 2.37. The number of nitrogens with one attached hydrogen (secondary N) is 1. The van der Waals surface area contributed by atoms with Gasteiger partial charge in [0.25, 0.3) is 0 Å². The third-order valence-electron chi connectivity index (χ3n) is 3.78. The molecule has 0 radical (unpaired) electrons. The van der Waals surface area contributed by atoms with Crippen molar-refractivity contribution in [1.82, 2.24) is 5.32 Å². The van der Waals surface area contributed by atoms with E-state index in [-0.39, 0.29) is 17.5 Å². The molecule has 0 aromatic carbocycles. The molecule has 17 heavy (non-hydrogen) atoms. The van der Waals surface area contributed by atoms with Crippen molar-refractivity contribution >= 4 is 21.6 Å². The molecule has 100 valence electrons. The lowest BCUT2D eigenvalue weighted by atomic mass is 9.94. The molecule has 2 N–H and O–H groups in total. The standard InChI is InChI=1S/C11H21NO3S2/c1-16-9-4-2-8(3-5-9)12-10-6-17(14,15)7-11(10)13/h8-13H,2-7H2,1H3. The molecule has 1 aliphatic heterocycles. The van der Waals surface area contributed by atoms with Gasteiger partial charge in [0.05, 0.1) is 17.6 Å². The summed E-state index contributed by atoms with van der Waals surface area (Å²) >= 11 is 1.92. The van der Waals surface area contributed by atoms with Crippen LogP contribution in [0, 0.1) is 0 Å². The van der Waals surface area contributed by atoms with Crippen molar-refractivity contribution < 1.29 is 13.5 Å². The summed E-state index contributed by atoms with van der Waals surface area (Å²) in [7, 11) is -3.03. The van der Waals surface area contributed by atoms with Crippen molar-refractivity contribution in [3.8, 4) is 0 Å².